The van der Waals surface area contributed by atoms with Crippen molar-refractivity contribution in [2.24, 2.45) is 5.92 Å². The van der Waals surface area contributed by atoms with Gasteiger partial charge in [-0.25, -0.2) is 0 Å². The Morgan fingerprint density at radius 1 is 1.19 bits per heavy atom. The Labute approximate surface area is 161 Å². The van der Waals surface area contributed by atoms with Gasteiger partial charge in [-0.3, -0.25) is 9.59 Å². The lowest BCUT2D eigenvalue weighted by Gasteiger charge is -2.23. The smallest absolute Gasteiger partial charge is 0.232 e. The number of hydrogen-bond donors (Lipinski definition) is 1. The number of benzene rings is 2. The fourth-order valence-electron chi connectivity index (χ4n) is 3.79. The Morgan fingerprint density at radius 3 is 2.52 bits per heavy atom. The average molecular weight is 364 g/mol. The number of amides is 2. The minimum Gasteiger partial charge on any atom is -0.326 e. The van der Waals surface area contributed by atoms with E-state index in [2.05, 4.69) is 19.2 Å². The van der Waals surface area contributed by atoms with Crippen LogP contribution in [0.2, 0.25) is 0 Å². The number of hydrogen-bond acceptors (Lipinski definition) is 2. The van der Waals surface area contributed by atoms with Crippen LogP contribution >= 0.6 is 0 Å². The van der Waals surface area contributed by atoms with E-state index in [1.807, 2.05) is 60.4 Å². The van der Waals surface area contributed by atoms with E-state index in [-0.39, 0.29) is 23.7 Å². The molecule has 0 saturated carbocycles. The number of carbonyl (C=O) groups is 2. The zero-order chi connectivity index (χ0) is 19.4. The number of aryl methyl sites for hydroxylation is 1. The molecule has 2 amide bonds. The number of anilines is 2. The van der Waals surface area contributed by atoms with Gasteiger partial charge < -0.3 is 10.2 Å². The van der Waals surface area contributed by atoms with E-state index in [1.54, 1.807) is 0 Å². The molecule has 1 aliphatic heterocycles. The molecule has 142 valence electrons. The second-order valence-electron chi connectivity index (χ2n) is 7.41. The van der Waals surface area contributed by atoms with Gasteiger partial charge in [0.1, 0.15) is 0 Å². The average Bonchev–Trinajstić information content (AvgIpc) is 3.08. The molecule has 1 fully saturated rings. The van der Waals surface area contributed by atoms with Crippen molar-refractivity contribution >= 4 is 23.2 Å². The minimum absolute atomic E-state index is 0.0138. The maximum Gasteiger partial charge on any atom is 0.232 e. The van der Waals surface area contributed by atoms with Crippen molar-refractivity contribution in [3.8, 4) is 0 Å². The van der Waals surface area contributed by atoms with Crippen LogP contribution in [0.3, 0.4) is 0 Å². The first-order chi connectivity index (χ1) is 13.0. The van der Waals surface area contributed by atoms with Crippen molar-refractivity contribution in [3.05, 3.63) is 59.7 Å². The van der Waals surface area contributed by atoms with Crippen LogP contribution in [0.5, 0.6) is 0 Å². The van der Waals surface area contributed by atoms with E-state index in [0.29, 0.717) is 6.42 Å². The number of nitrogens with one attached hydrogen (secondary N) is 1. The van der Waals surface area contributed by atoms with Gasteiger partial charge in [-0.2, -0.15) is 0 Å². The van der Waals surface area contributed by atoms with E-state index in [0.717, 1.165) is 41.9 Å². The summed E-state index contributed by atoms with van der Waals surface area (Å²) in [5, 5.41) is 3.08. The largest absolute Gasteiger partial charge is 0.326 e. The molecule has 27 heavy (non-hydrogen) atoms. The van der Waals surface area contributed by atoms with Crippen molar-refractivity contribution in [1.82, 2.24) is 0 Å². The first-order valence-corrected chi connectivity index (χ1v) is 9.78. The van der Waals surface area contributed by atoms with Gasteiger partial charge in [0.15, 0.2) is 0 Å². The summed E-state index contributed by atoms with van der Waals surface area (Å²) in [6, 6.07) is 15.7. The fraction of sp³-hybridized carbons (Fsp3) is 0.391. The van der Waals surface area contributed by atoms with E-state index in [1.165, 1.54) is 0 Å². The van der Waals surface area contributed by atoms with Crippen molar-refractivity contribution in [2.75, 3.05) is 16.8 Å². The van der Waals surface area contributed by atoms with Crippen LogP contribution in [-0.2, 0) is 9.59 Å². The van der Waals surface area contributed by atoms with Gasteiger partial charge in [-0.15, -0.1) is 0 Å². The Morgan fingerprint density at radius 2 is 1.93 bits per heavy atom. The van der Waals surface area contributed by atoms with Gasteiger partial charge in [0.05, 0.1) is 5.92 Å². The predicted molar refractivity (Wildman–Crippen MR) is 110 cm³/mol. The van der Waals surface area contributed by atoms with Crippen molar-refractivity contribution < 1.29 is 9.59 Å². The zero-order valence-electron chi connectivity index (χ0n) is 16.4. The van der Waals surface area contributed by atoms with Gasteiger partial charge in [0.25, 0.3) is 0 Å². The second-order valence-corrected chi connectivity index (χ2v) is 7.41. The summed E-state index contributed by atoms with van der Waals surface area (Å²) < 4.78 is 0. The van der Waals surface area contributed by atoms with Crippen molar-refractivity contribution in [3.63, 3.8) is 0 Å². The normalized spacial score (nSPS) is 16.3. The molecule has 0 spiro atoms. The Hall–Kier alpha value is -2.62. The van der Waals surface area contributed by atoms with Gasteiger partial charge >= 0.3 is 0 Å². The highest BCUT2D eigenvalue weighted by Crippen LogP contribution is 2.30. The van der Waals surface area contributed by atoms with Crippen LogP contribution in [0.15, 0.2) is 48.5 Å². The lowest BCUT2D eigenvalue weighted by molar-refractivity contribution is -0.119. The molecule has 4 nitrogen and oxygen atoms in total. The van der Waals surface area contributed by atoms with Crippen LogP contribution in [0.4, 0.5) is 11.4 Å². The summed E-state index contributed by atoms with van der Waals surface area (Å²) >= 11 is 0. The summed E-state index contributed by atoms with van der Waals surface area (Å²) in [7, 11) is 0. The Balaban J connectivity index is 1.79. The fourth-order valence-corrected chi connectivity index (χ4v) is 3.79. The number of rotatable bonds is 6. The van der Waals surface area contributed by atoms with Crippen molar-refractivity contribution in [1.29, 1.82) is 0 Å². The minimum atomic E-state index is -0.184. The summed E-state index contributed by atoms with van der Waals surface area (Å²) in [4.78, 5) is 26.9. The molecule has 0 aliphatic carbocycles. The summed E-state index contributed by atoms with van der Waals surface area (Å²) in [5.41, 5.74) is 3.76. The third kappa shape index (κ3) is 4.21. The molecule has 0 radical (unpaired) electrons. The summed E-state index contributed by atoms with van der Waals surface area (Å²) in [6.45, 7) is 6.99. The molecule has 1 saturated heterocycles. The van der Waals surface area contributed by atoms with Gasteiger partial charge in [-0.05, 0) is 48.6 Å². The molecule has 4 heteroatoms. The van der Waals surface area contributed by atoms with Crippen LogP contribution < -0.4 is 10.2 Å². The maximum atomic E-state index is 13.0. The molecular formula is C23H28N2O2. The molecule has 2 aromatic carbocycles. The highest BCUT2D eigenvalue weighted by atomic mass is 16.2. The van der Waals surface area contributed by atoms with E-state index >= 15 is 0 Å². The molecular weight excluding hydrogens is 336 g/mol. The first-order valence-electron chi connectivity index (χ1n) is 9.78. The van der Waals surface area contributed by atoms with Gasteiger partial charge in [-0.1, -0.05) is 50.6 Å². The first kappa shape index (κ1) is 19.2. The highest BCUT2D eigenvalue weighted by Gasteiger charge is 2.26. The molecule has 3 rings (SSSR count). The SMILES string of the molecule is CC[C@@H](C)[C@H](C(=O)Nc1ccc(N2CCCC2=O)c(C)c1)c1ccccc1. The van der Waals surface area contributed by atoms with E-state index in [4.69, 9.17) is 0 Å². The second kappa shape index (κ2) is 8.38. The van der Waals surface area contributed by atoms with Crippen LogP contribution in [0.25, 0.3) is 0 Å². The molecule has 2 atom stereocenters. The predicted octanol–water partition coefficient (Wildman–Crippen LogP) is 4.89. The Kier molecular flexibility index (Phi) is 5.94. The maximum absolute atomic E-state index is 13.0. The molecule has 1 heterocycles. The molecule has 2 aromatic rings. The van der Waals surface area contributed by atoms with E-state index in [9.17, 15) is 9.59 Å². The number of carbonyl (C=O) groups excluding carboxylic acids is 2. The lowest BCUT2D eigenvalue weighted by Crippen LogP contribution is -2.27. The summed E-state index contributed by atoms with van der Waals surface area (Å²) in [5.74, 6) is 0.252. The molecule has 1 N–H and O–H groups in total. The van der Waals surface area contributed by atoms with Crippen LogP contribution in [-0.4, -0.2) is 18.4 Å². The molecule has 0 bridgehead atoms. The van der Waals surface area contributed by atoms with Crippen molar-refractivity contribution in [2.45, 2.75) is 46.0 Å². The molecule has 0 aromatic heterocycles. The van der Waals surface area contributed by atoms with Gasteiger partial charge in [0.2, 0.25) is 11.8 Å². The standard InChI is InChI=1S/C23H28N2O2/c1-4-16(2)22(18-9-6-5-7-10-18)23(27)24-19-12-13-20(17(3)15-19)25-14-8-11-21(25)26/h5-7,9-10,12-13,15-16,22H,4,8,11,14H2,1-3H3,(H,24,27)/t16-,22+/m1/s1. The van der Waals surface area contributed by atoms with E-state index < -0.39 is 0 Å². The lowest BCUT2D eigenvalue weighted by atomic mass is 9.85. The summed E-state index contributed by atoms with van der Waals surface area (Å²) in [6.07, 6.45) is 2.46. The molecule has 1 aliphatic rings. The van der Waals surface area contributed by atoms with Crippen LogP contribution in [0.1, 0.15) is 50.2 Å². The van der Waals surface area contributed by atoms with Crippen LogP contribution in [0, 0.1) is 12.8 Å². The third-order valence-electron chi connectivity index (χ3n) is 5.48. The highest BCUT2D eigenvalue weighted by molar-refractivity contribution is 5.98. The quantitative estimate of drug-likeness (QED) is 0.793. The zero-order valence-corrected chi connectivity index (χ0v) is 16.4. The monoisotopic (exact) mass is 364 g/mol. The topological polar surface area (TPSA) is 49.4 Å². The molecule has 0 unspecified atom stereocenters. The number of nitrogens with zero attached hydrogens (tertiary/aromatic N) is 1. The van der Waals surface area contributed by atoms with Gasteiger partial charge in [0, 0.05) is 24.3 Å². The Bertz CT molecular complexity index is 816. The third-order valence-corrected chi connectivity index (χ3v) is 5.48.